The van der Waals surface area contributed by atoms with Gasteiger partial charge in [-0.05, 0) is 0 Å². The van der Waals surface area contributed by atoms with Crippen molar-refractivity contribution in [3.63, 3.8) is 0 Å². The second-order valence-corrected chi connectivity index (χ2v) is 9.47. The van der Waals surface area contributed by atoms with E-state index in [-0.39, 0.29) is 0 Å². The molecule has 0 saturated heterocycles. The van der Waals surface area contributed by atoms with E-state index in [9.17, 15) is 0 Å². The molecule has 3 aromatic rings. The Kier molecular flexibility index (Phi) is 10.8. The predicted molar refractivity (Wildman–Crippen MR) is 134 cm³/mol. The van der Waals surface area contributed by atoms with Crippen LogP contribution in [0.25, 0.3) is 0 Å². The molecule has 0 fully saturated rings. The molecule has 0 spiro atoms. The molecule has 0 aliphatic rings. The molecule has 34 heavy (non-hydrogen) atoms. The van der Waals surface area contributed by atoms with Gasteiger partial charge in [-0.1, -0.05) is 0 Å². The zero-order valence-electron chi connectivity index (χ0n) is 20.1. The van der Waals surface area contributed by atoms with E-state index >= 15 is 0 Å². The Bertz CT molecular complexity index is 869. The first-order valence-corrected chi connectivity index (χ1v) is 14.0. The van der Waals surface area contributed by atoms with Crippen LogP contribution in [0.1, 0.15) is 40.0 Å². The van der Waals surface area contributed by atoms with Crippen molar-refractivity contribution in [1.29, 1.82) is 0 Å². The van der Waals surface area contributed by atoms with Crippen molar-refractivity contribution in [2.45, 2.75) is 40.0 Å². The van der Waals surface area contributed by atoms with E-state index in [4.69, 9.17) is 25.4 Å². The van der Waals surface area contributed by atoms with Crippen molar-refractivity contribution >= 4 is 15.7 Å². The van der Waals surface area contributed by atoms with E-state index in [1.54, 1.807) is 0 Å². The van der Waals surface area contributed by atoms with E-state index in [2.05, 4.69) is 20.8 Å². The molecule has 6 nitrogen and oxygen atoms in total. The van der Waals surface area contributed by atoms with Crippen LogP contribution in [-0.2, 0) is 0 Å². The van der Waals surface area contributed by atoms with E-state index in [1.807, 2.05) is 72.8 Å². The van der Waals surface area contributed by atoms with Gasteiger partial charge in [0.1, 0.15) is 0 Å². The zero-order valence-corrected chi connectivity index (χ0v) is 21.9. The Balaban J connectivity index is 1.89. The second kappa shape index (κ2) is 14.3. The summed E-state index contributed by atoms with van der Waals surface area (Å²) < 4.78 is 36.6. The SMILES string of the molecule is CCCOc1ccccc1O[As](Oc1ccccc1OCCC)Oc1ccccc1OCCC. The van der Waals surface area contributed by atoms with E-state index < -0.39 is 15.7 Å². The van der Waals surface area contributed by atoms with Crippen molar-refractivity contribution in [2.24, 2.45) is 0 Å². The molecule has 0 bridgehead atoms. The Morgan fingerprint density at radius 2 is 0.706 bits per heavy atom. The van der Waals surface area contributed by atoms with Crippen LogP contribution in [0.3, 0.4) is 0 Å². The van der Waals surface area contributed by atoms with E-state index in [1.165, 1.54) is 0 Å². The molecule has 0 unspecified atom stereocenters. The summed E-state index contributed by atoms with van der Waals surface area (Å²) in [4.78, 5) is 0. The third-order valence-corrected chi connectivity index (χ3v) is 6.63. The van der Waals surface area contributed by atoms with Gasteiger partial charge < -0.3 is 0 Å². The van der Waals surface area contributed by atoms with Crippen LogP contribution >= 0.6 is 0 Å². The molecule has 0 heterocycles. The number of benzene rings is 3. The fraction of sp³-hybridized carbons (Fsp3) is 0.333. The number of hydrogen-bond acceptors (Lipinski definition) is 6. The molecule has 0 atom stereocenters. The van der Waals surface area contributed by atoms with Gasteiger partial charge in [0.15, 0.2) is 0 Å². The van der Waals surface area contributed by atoms with E-state index in [0.29, 0.717) is 54.3 Å². The number of rotatable bonds is 15. The summed E-state index contributed by atoms with van der Waals surface area (Å²) in [5.41, 5.74) is 0. The van der Waals surface area contributed by atoms with Crippen LogP contribution in [0.5, 0.6) is 34.5 Å². The monoisotopic (exact) mass is 528 g/mol. The topological polar surface area (TPSA) is 55.4 Å². The first kappa shape index (κ1) is 25.6. The Morgan fingerprint density at radius 3 is 0.971 bits per heavy atom. The number of para-hydroxylation sites is 6. The molecule has 0 N–H and O–H groups in total. The summed E-state index contributed by atoms with van der Waals surface area (Å²) in [7, 11) is 0. The van der Waals surface area contributed by atoms with Crippen molar-refractivity contribution in [1.82, 2.24) is 0 Å². The molecule has 0 radical (unpaired) electrons. The Morgan fingerprint density at radius 1 is 0.441 bits per heavy atom. The summed E-state index contributed by atoms with van der Waals surface area (Å²) in [6, 6.07) is 22.7. The molecule has 7 heteroatoms. The summed E-state index contributed by atoms with van der Waals surface area (Å²) in [6.45, 7) is 7.97. The molecule has 0 amide bonds. The number of ether oxygens (including phenoxy) is 3. The van der Waals surface area contributed by atoms with Gasteiger partial charge >= 0.3 is 208 Å². The van der Waals surface area contributed by atoms with Crippen molar-refractivity contribution in [2.75, 3.05) is 19.8 Å². The second-order valence-electron chi connectivity index (χ2n) is 7.38. The van der Waals surface area contributed by atoms with Crippen LogP contribution in [-0.4, -0.2) is 35.5 Å². The molecular weight excluding hydrogens is 495 g/mol. The number of hydrogen-bond donors (Lipinski definition) is 0. The minimum atomic E-state index is -2.93. The summed E-state index contributed by atoms with van der Waals surface area (Å²) in [5.74, 6) is 3.70. The fourth-order valence-corrected chi connectivity index (χ4v) is 5.06. The van der Waals surface area contributed by atoms with Gasteiger partial charge in [0.25, 0.3) is 0 Å². The molecule has 0 aromatic heterocycles. The van der Waals surface area contributed by atoms with Gasteiger partial charge in [0.2, 0.25) is 0 Å². The molecule has 3 aromatic carbocycles. The first-order chi connectivity index (χ1) is 16.7. The van der Waals surface area contributed by atoms with Gasteiger partial charge in [0, 0.05) is 0 Å². The minimum absolute atomic E-state index is 0.579. The maximum absolute atomic E-state index is 6.33. The average Bonchev–Trinajstić information content (AvgIpc) is 2.87. The molecular formula is C27H33AsO6. The maximum atomic E-state index is 6.33. The molecule has 3 rings (SSSR count). The van der Waals surface area contributed by atoms with Crippen molar-refractivity contribution in [3.05, 3.63) is 72.8 Å². The van der Waals surface area contributed by atoms with Crippen LogP contribution < -0.4 is 25.4 Å². The Hall–Kier alpha value is -2.98. The van der Waals surface area contributed by atoms with E-state index in [0.717, 1.165) is 19.3 Å². The first-order valence-electron chi connectivity index (χ1n) is 11.7. The predicted octanol–water partition coefficient (Wildman–Crippen LogP) is 6.57. The average molecular weight is 528 g/mol. The summed E-state index contributed by atoms with van der Waals surface area (Å²) in [5, 5.41) is 0. The Labute approximate surface area is 208 Å². The third-order valence-electron chi connectivity index (χ3n) is 4.45. The van der Waals surface area contributed by atoms with Crippen LogP contribution in [0.2, 0.25) is 0 Å². The van der Waals surface area contributed by atoms with Crippen molar-refractivity contribution in [3.8, 4) is 34.5 Å². The third kappa shape index (κ3) is 7.81. The molecule has 0 saturated carbocycles. The standard InChI is InChI=1S/C27H33AsO6/c1-4-19-29-22-13-7-10-16-25(22)32-28(33-26-17-11-8-14-23(26)30-20-5-2)34-27-18-12-9-15-24(27)31-21-6-3/h7-18H,4-6,19-21H2,1-3H3. The van der Waals surface area contributed by atoms with Crippen LogP contribution in [0, 0.1) is 0 Å². The molecule has 182 valence electrons. The van der Waals surface area contributed by atoms with Gasteiger partial charge in [0.05, 0.1) is 0 Å². The molecule has 0 aliphatic carbocycles. The van der Waals surface area contributed by atoms with Gasteiger partial charge in [-0.3, -0.25) is 0 Å². The summed E-state index contributed by atoms with van der Waals surface area (Å²) >= 11 is -2.93. The van der Waals surface area contributed by atoms with Crippen LogP contribution in [0.15, 0.2) is 72.8 Å². The van der Waals surface area contributed by atoms with Gasteiger partial charge in [-0.15, -0.1) is 0 Å². The zero-order chi connectivity index (χ0) is 24.0. The van der Waals surface area contributed by atoms with Gasteiger partial charge in [-0.2, -0.15) is 0 Å². The fourth-order valence-electron chi connectivity index (χ4n) is 2.87. The van der Waals surface area contributed by atoms with Crippen molar-refractivity contribution < 1.29 is 25.4 Å². The van der Waals surface area contributed by atoms with Gasteiger partial charge in [-0.25, -0.2) is 0 Å². The quantitative estimate of drug-likeness (QED) is 0.208. The molecule has 0 aliphatic heterocycles. The van der Waals surface area contributed by atoms with Crippen LogP contribution in [0.4, 0.5) is 0 Å². The normalized spacial score (nSPS) is 10.6. The summed E-state index contributed by atoms with van der Waals surface area (Å²) in [6.07, 6.45) is 2.69.